The molecule has 5 nitrogen and oxygen atoms in total. The summed E-state index contributed by atoms with van der Waals surface area (Å²) in [6, 6.07) is 6.17. The monoisotopic (exact) mass is 299 g/mol. The van der Waals surface area contributed by atoms with Crippen molar-refractivity contribution in [1.82, 2.24) is 14.9 Å². The molecule has 5 heteroatoms. The third kappa shape index (κ3) is 4.18. The molecule has 0 atom stereocenters. The van der Waals surface area contributed by atoms with E-state index < -0.39 is 0 Å². The molecule has 22 heavy (non-hydrogen) atoms. The van der Waals surface area contributed by atoms with E-state index in [2.05, 4.69) is 60.3 Å². The zero-order chi connectivity index (χ0) is 16.1. The lowest BCUT2D eigenvalue weighted by molar-refractivity contribution is 0.400. The second-order valence-electron chi connectivity index (χ2n) is 5.90. The van der Waals surface area contributed by atoms with Crippen molar-refractivity contribution in [3.8, 4) is 0 Å². The highest BCUT2D eigenvalue weighted by Gasteiger charge is 2.07. The molecule has 0 aliphatic carbocycles. The van der Waals surface area contributed by atoms with Crippen molar-refractivity contribution in [3.63, 3.8) is 0 Å². The van der Waals surface area contributed by atoms with Crippen LogP contribution in [-0.2, 0) is 6.42 Å². The third-order valence-corrected chi connectivity index (χ3v) is 3.67. The number of para-hydroxylation sites is 1. The number of aromatic nitrogens is 2. The Hall–Kier alpha value is -2.14. The van der Waals surface area contributed by atoms with Crippen LogP contribution in [0.2, 0.25) is 0 Å². The summed E-state index contributed by atoms with van der Waals surface area (Å²) in [7, 11) is 4.13. The van der Waals surface area contributed by atoms with Crippen LogP contribution >= 0.6 is 0 Å². The number of nitrogens with zero attached hydrogens (tertiary/aromatic N) is 3. The van der Waals surface area contributed by atoms with Crippen molar-refractivity contribution >= 4 is 17.5 Å². The quantitative estimate of drug-likeness (QED) is 0.858. The molecular weight excluding hydrogens is 274 g/mol. The lowest BCUT2D eigenvalue weighted by Gasteiger charge is -2.13. The van der Waals surface area contributed by atoms with Gasteiger partial charge in [0.05, 0.1) is 0 Å². The second-order valence-corrected chi connectivity index (χ2v) is 5.90. The minimum atomic E-state index is 0.547. The van der Waals surface area contributed by atoms with Gasteiger partial charge in [0.2, 0.25) is 5.95 Å². The average molecular weight is 299 g/mol. The maximum absolute atomic E-state index is 6.06. The van der Waals surface area contributed by atoms with Gasteiger partial charge in [-0.25, -0.2) is 4.98 Å². The molecule has 1 aromatic carbocycles. The first-order chi connectivity index (χ1) is 10.5. The fourth-order valence-corrected chi connectivity index (χ4v) is 2.38. The summed E-state index contributed by atoms with van der Waals surface area (Å²) in [5.74, 6) is 1.11. The number of aryl methyl sites for hydroxylation is 3. The molecule has 0 aliphatic heterocycles. The highest BCUT2D eigenvalue weighted by atomic mass is 15.1. The van der Waals surface area contributed by atoms with E-state index in [0.717, 1.165) is 41.8 Å². The van der Waals surface area contributed by atoms with Crippen molar-refractivity contribution in [2.45, 2.75) is 26.7 Å². The maximum atomic E-state index is 6.06. The first-order valence-corrected chi connectivity index (χ1v) is 7.56. The van der Waals surface area contributed by atoms with Crippen molar-refractivity contribution in [2.24, 2.45) is 0 Å². The van der Waals surface area contributed by atoms with E-state index in [0.29, 0.717) is 11.8 Å². The molecule has 0 amide bonds. The number of benzene rings is 1. The van der Waals surface area contributed by atoms with Crippen LogP contribution in [0.1, 0.15) is 23.1 Å². The number of nitrogen functional groups attached to an aromatic ring is 1. The van der Waals surface area contributed by atoms with Gasteiger partial charge in [0.1, 0.15) is 5.82 Å². The van der Waals surface area contributed by atoms with Gasteiger partial charge in [0.25, 0.3) is 0 Å². The maximum Gasteiger partial charge on any atom is 0.229 e. The molecule has 2 rings (SSSR count). The molecule has 0 saturated heterocycles. The molecule has 1 aromatic heterocycles. The van der Waals surface area contributed by atoms with Gasteiger partial charge in [-0.05, 0) is 58.5 Å². The Morgan fingerprint density at radius 1 is 1.18 bits per heavy atom. The number of rotatable bonds is 6. The number of nitrogens with one attached hydrogen (secondary N) is 1. The highest BCUT2D eigenvalue weighted by molar-refractivity contribution is 5.63. The number of hydrogen-bond donors (Lipinski definition) is 2. The summed E-state index contributed by atoms with van der Waals surface area (Å²) in [4.78, 5) is 10.9. The van der Waals surface area contributed by atoms with E-state index in [1.165, 1.54) is 0 Å². The van der Waals surface area contributed by atoms with E-state index >= 15 is 0 Å². The van der Waals surface area contributed by atoms with E-state index in [1.807, 2.05) is 12.3 Å². The van der Waals surface area contributed by atoms with Crippen LogP contribution < -0.4 is 11.1 Å². The van der Waals surface area contributed by atoms with Gasteiger partial charge in [-0.15, -0.1) is 0 Å². The van der Waals surface area contributed by atoms with Crippen LogP contribution in [0.4, 0.5) is 17.5 Å². The lowest BCUT2D eigenvalue weighted by atomic mass is 10.1. The molecule has 0 unspecified atom stereocenters. The van der Waals surface area contributed by atoms with Crippen LogP contribution in [0.15, 0.2) is 24.4 Å². The Morgan fingerprint density at radius 2 is 1.86 bits per heavy atom. The minimum absolute atomic E-state index is 0.547. The SMILES string of the molecule is Cc1cccc(C)c1Nc1ncc(CCCN(C)C)c(N)n1. The van der Waals surface area contributed by atoms with Crippen LogP contribution in [0.3, 0.4) is 0 Å². The van der Waals surface area contributed by atoms with E-state index in [4.69, 9.17) is 5.73 Å². The van der Waals surface area contributed by atoms with Crippen LogP contribution in [0.25, 0.3) is 0 Å². The van der Waals surface area contributed by atoms with Gasteiger partial charge in [0.15, 0.2) is 0 Å². The summed E-state index contributed by atoms with van der Waals surface area (Å²) >= 11 is 0. The Kier molecular flexibility index (Phi) is 5.33. The van der Waals surface area contributed by atoms with Gasteiger partial charge < -0.3 is 16.0 Å². The molecule has 0 fully saturated rings. The van der Waals surface area contributed by atoms with Crippen LogP contribution in [-0.4, -0.2) is 35.5 Å². The first kappa shape index (κ1) is 16.2. The fraction of sp³-hybridized carbons (Fsp3) is 0.412. The van der Waals surface area contributed by atoms with Gasteiger partial charge in [-0.1, -0.05) is 18.2 Å². The minimum Gasteiger partial charge on any atom is -0.383 e. The van der Waals surface area contributed by atoms with Gasteiger partial charge in [-0.3, -0.25) is 0 Å². The zero-order valence-corrected chi connectivity index (χ0v) is 13.8. The Morgan fingerprint density at radius 3 is 2.45 bits per heavy atom. The molecule has 0 radical (unpaired) electrons. The molecular formula is C17H25N5. The molecule has 0 spiro atoms. The summed E-state index contributed by atoms with van der Waals surface area (Å²) < 4.78 is 0. The van der Waals surface area contributed by atoms with Gasteiger partial charge in [0, 0.05) is 17.4 Å². The zero-order valence-electron chi connectivity index (χ0n) is 13.8. The smallest absolute Gasteiger partial charge is 0.229 e. The lowest BCUT2D eigenvalue weighted by Crippen LogP contribution is -2.14. The summed E-state index contributed by atoms with van der Waals surface area (Å²) in [6.45, 7) is 5.16. The number of nitrogens with two attached hydrogens (primary N) is 1. The molecule has 0 saturated carbocycles. The summed E-state index contributed by atoms with van der Waals surface area (Å²) in [6.07, 6.45) is 3.77. The van der Waals surface area contributed by atoms with Crippen molar-refractivity contribution < 1.29 is 0 Å². The molecule has 0 aliphatic rings. The summed E-state index contributed by atoms with van der Waals surface area (Å²) in [5.41, 5.74) is 10.4. The van der Waals surface area contributed by atoms with Crippen LogP contribution in [0.5, 0.6) is 0 Å². The van der Waals surface area contributed by atoms with Crippen molar-refractivity contribution in [3.05, 3.63) is 41.1 Å². The normalized spacial score (nSPS) is 11.0. The van der Waals surface area contributed by atoms with E-state index in [9.17, 15) is 0 Å². The Balaban J connectivity index is 2.09. The van der Waals surface area contributed by atoms with Crippen LogP contribution in [0, 0.1) is 13.8 Å². The van der Waals surface area contributed by atoms with Crippen molar-refractivity contribution in [2.75, 3.05) is 31.7 Å². The van der Waals surface area contributed by atoms with Crippen molar-refractivity contribution in [1.29, 1.82) is 0 Å². The van der Waals surface area contributed by atoms with Gasteiger partial charge >= 0.3 is 0 Å². The topological polar surface area (TPSA) is 67.1 Å². The number of anilines is 3. The molecule has 2 aromatic rings. The highest BCUT2D eigenvalue weighted by Crippen LogP contribution is 2.23. The van der Waals surface area contributed by atoms with E-state index in [1.54, 1.807) is 0 Å². The summed E-state index contributed by atoms with van der Waals surface area (Å²) in [5, 5.41) is 3.27. The molecule has 1 heterocycles. The molecule has 118 valence electrons. The second kappa shape index (κ2) is 7.22. The standard InChI is InChI=1S/C17H25N5/c1-12-7-5-8-13(2)15(12)20-17-19-11-14(16(18)21-17)9-6-10-22(3)4/h5,7-8,11H,6,9-10H2,1-4H3,(H3,18,19,20,21). The predicted octanol–water partition coefficient (Wildman–Crippen LogP) is 2.91. The van der Waals surface area contributed by atoms with Gasteiger partial charge in [-0.2, -0.15) is 4.98 Å². The molecule has 0 bridgehead atoms. The third-order valence-electron chi connectivity index (χ3n) is 3.67. The Bertz CT molecular complexity index is 617. The predicted molar refractivity (Wildman–Crippen MR) is 92.5 cm³/mol. The Labute approximate surface area is 132 Å². The largest absolute Gasteiger partial charge is 0.383 e. The number of hydrogen-bond acceptors (Lipinski definition) is 5. The fourth-order valence-electron chi connectivity index (χ4n) is 2.38. The average Bonchev–Trinajstić information content (AvgIpc) is 2.45. The van der Waals surface area contributed by atoms with E-state index in [-0.39, 0.29) is 0 Å². The molecule has 3 N–H and O–H groups in total. The first-order valence-electron chi connectivity index (χ1n) is 7.56.